The Morgan fingerprint density at radius 1 is 0.902 bits per heavy atom. The van der Waals surface area contributed by atoms with E-state index in [4.69, 9.17) is 30.8 Å². The van der Waals surface area contributed by atoms with Gasteiger partial charge >= 0.3 is 12.1 Å². The average molecular weight is 1110 g/mol. The summed E-state index contributed by atoms with van der Waals surface area (Å²) in [4.78, 5) is 106. The van der Waals surface area contributed by atoms with E-state index in [-0.39, 0.29) is 66.1 Å². The molecule has 424 valence electrons. The summed E-state index contributed by atoms with van der Waals surface area (Å²) in [5.74, 6) is 0.571. The average Bonchev–Trinajstić information content (AvgIpc) is 3.35. The number of fused-ring (bicyclic) bond motifs is 6. The second-order valence-corrected chi connectivity index (χ2v) is 23.6. The van der Waals surface area contributed by atoms with E-state index >= 15 is 4.39 Å². The minimum Gasteiger partial charge on any atom is -0.461 e. The Labute approximate surface area is 474 Å². The number of hydrogen-bond acceptors (Lipinski definition) is 15. The largest absolute Gasteiger partial charge is 0.461 e. The lowest BCUT2D eigenvalue weighted by molar-refractivity contribution is -0.139. The van der Waals surface area contributed by atoms with E-state index in [2.05, 4.69) is 44.8 Å². The third-order valence-electron chi connectivity index (χ3n) is 18.7. The number of carbonyl (C=O) groups excluding carboxylic acids is 6. The van der Waals surface area contributed by atoms with Crippen molar-refractivity contribution < 1.29 is 42.6 Å². The Kier molecular flexibility index (Phi) is 13.7. The fourth-order valence-corrected chi connectivity index (χ4v) is 14.6. The Balaban J connectivity index is 0.647. The highest BCUT2D eigenvalue weighted by Gasteiger charge is 2.52. The summed E-state index contributed by atoms with van der Waals surface area (Å²) in [6, 6.07) is 13.6. The molecule has 5 unspecified atom stereocenters. The van der Waals surface area contributed by atoms with Crippen LogP contribution < -0.4 is 25.2 Å². The zero-order valence-electron chi connectivity index (χ0n) is 46.3. The minimum absolute atomic E-state index is 0.0468. The Bertz CT molecular complexity index is 3570. The molecule has 3 aromatic carbocycles. The molecule has 82 heavy (non-hydrogen) atoms. The van der Waals surface area contributed by atoms with Gasteiger partial charge in [0.2, 0.25) is 17.7 Å². The van der Waals surface area contributed by atoms with Crippen molar-refractivity contribution in [1.82, 2.24) is 45.2 Å². The van der Waals surface area contributed by atoms with Crippen LogP contribution in [-0.4, -0.2) is 172 Å². The maximum atomic E-state index is 15.3. The molecule has 7 fully saturated rings. The van der Waals surface area contributed by atoms with Gasteiger partial charge in [0.25, 0.3) is 11.8 Å². The molecule has 2 N–H and O–H groups in total. The van der Waals surface area contributed by atoms with Gasteiger partial charge in [0.15, 0.2) is 0 Å². The highest BCUT2D eigenvalue weighted by Crippen LogP contribution is 2.45. The van der Waals surface area contributed by atoms with Gasteiger partial charge in [0, 0.05) is 117 Å². The molecule has 5 aromatic rings. The van der Waals surface area contributed by atoms with Gasteiger partial charge in [-0.2, -0.15) is 9.97 Å². The molecular formula is C62H66FN11O8. The van der Waals surface area contributed by atoms with Gasteiger partial charge in [-0.05, 0) is 94.4 Å². The molecule has 10 heterocycles. The van der Waals surface area contributed by atoms with Crippen molar-refractivity contribution >= 4 is 68.8 Å². The van der Waals surface area contributed by atoms with E-state index in [0.717, 1.165) is 94.6 Å². The molecular weight excluding hydrogens is 1050 g/mol. The van der Waals surface area contributed by atoms with E-state index in [1.54, 1.807) is 29.2 Å². The third kappa shape index (κ3) is 9.25. The predicted octanol–water partition coefficient (Wildman–Crippen LogP) is 6.00. The maximum Gasteiger partial charge on any atom is 0.410 e. The van der Waals surface area contributed by atoms with Crippen LogP contribution in [0.3, 0.4) is 0 Å². The summed E-state index contributed by atoms with van der Waals surface area (Å²) >= 11 is 0. The number of anilines is 2. The lowest BCUT2D eigenvalue weighted by Crippen LogP contribution is -2.57. The van der Waals surface area contributed by atoms with Crippen molar-refractivity contribution in [2.45, 2.75) is 114 Å². The number of nitrogens with zero attached hydrogens (tertiary/aromatic N) is 9. The highest BCUT2D eigenvalue weighted by molar-refractivity contribution is 6.23. The molecule has 0 radical (unpaired) electrons. The van der Waals surface area contributed by atoms with Gasteiger partial charge in [-0.3, -0.25) is 44.1 Å². The van der Waals surface area contributed by atoms with Crippen LogP contribution in [0.1, 0.15) is 103 Å². The molecule has 2 aromatic heterocycles. The fourth-order valence-electron chi connectivity index (χ4n) is 14.6. The minimum atomic E-state index is -1.04. The molecule has 7 saturated heterocycles. The number of halogens is 1. The lowest BCUT2D eigenvalue weighted by atomic mass is 9.93. The van der Waals surface area contributed by atoms with E-state index in [1.807, 2.05) is 36.2 Å². The first-order chi connectivity index (χ1) is 39.7. The van der Waals surface area contributed by atoms with Gasteiger partial charge < -0.3 is 34.4 Å². The number of imide groups is 2. The Hall–Kier alpha value is -8.02. The van der Waals surface area contributed by atoms with Crippen molar-refractivity contribution in [3.63, 3.8) is 0 Å². The summed E-state index contributed by atoms with van der Waals surface area (Å²) in [5, 5.41) is 8.25. The number of aromatic nitrogens is 3. The molecule has 8 aliphatic rings. The molecule has 0 spiro atoms. The van der Waals surface area contributed by atoms with Gasteiger partial charge in [0.1, 0.15) is 30.9 Å². The molecule has 8 aliphatic heterocycles. The number of benzene rings is 3. The number of terminal acetylenes is 1. The molecule has 20 heteroatoms. The highest BCUT2D eigenvalue weighted by atomic mass is 19.1. The first kappa shape index (κ1) is 53.3. The molecule has 19 nitrogen and oxygen atoms in total. The van der Waals surface area contributed by atoms with E-state index < -0.39 is 47.1 Å². The molecule has 0 saturated carbocycles. The fraction of sp³-hybridized carbons (Fsp3) is 0.468. The van der Waals surface area contributed by atoms with Crippen LogP contribution in [0.2, 0.25) is 0 Å². The SMILES string of the molecule is C#Cc1c(F)ccc2cccc(-c3ncc4c(N5CC6CCC(C5)N6)nc(OCC56CCC(COC(=O)N7CCN(C(=O)C8CCN(c9ccc%10c(c9)C(=O)N(C9CCC(=O)NC9=O)C%10=O)CC8)C[C@H]7C)N5CC(=C)C6)nc4c3CC)c12. The molecule has 13 rings (SSSR count). The van der Waals surface area contributed by atoms with Crippen LogP contribution >= 0.6 is 0 Å². The smallest absolute Gasteiger partial charge is 0.410 e. The van der Waals surface area contributed by atoms with E-state index in [0.29, 0.717) is 88.3 Å². The van der Waals surface area contributed by atoms with Crippen molar-refractivity contribution in [3.8, 4) is 29.6 Å². The van der Waals surface area contributed by atoms with Crippen LogP contribution in [-0.2, 0) is 25.5 Å². The van der Waals surface area contributed by atoms with Crippen molar-refractivity contribution in [2.24, 2.45) is 5.92 Å². The number of carbonyl (C=O) groups is 6. The normalized spacial score (nSPS) is 25.8. The molecule has 6 amide bonds. The van der Waals surface area contributed by atoms with Crippen molar-refractivity contribution in [1.29, 1.82) is 0 Å². The predicted molar refractivity (Wildman–Crippen MR) is 304 cm³/mol. The van der Waals surface area contributed by atoms with E-state index in [9.17, 15) is 28.8 Å². The number of amides is 6. The number of piperidine rings is 2. The maximum absolute atomic E-state index is 15.3. The van der Waals surface area contributed by atoms with Gasteiger partial charge in [-0.1, -0.05) is 49.3 Å². The number of hydrogen-bond donors (Lipinski definition) is 2. The molecule has 2 bridgehead atoms. The topological polar surface area (TPSA) is 203 Å². The van der Waals surface area contributed by atoms with E-state index in [1.165, 1.54) is 6.07 Å². The van der Waals surface area contributed by atoms with Gasteiger partial charge in [-0.15, -0.1) is 6.42 Å². The Morgan fingerprint density at radius 2 is 1.70 bits per heavy atom. The summed E-state index contributed by atoms with van der Waals surface area (Å²) < 4.78 is 28.2. The monoisotopic (exact) mass is 1110 g/mol. The summed E-state index contributed by atoms with van der Waals surface area (Å²) in [6.07, 6.45) is 13.8. The third-order valence-corrected chi connectivity index (χ3v) is 18.7. The van der Waals surface area contributed by atoms with Crippen molar-refractivity contribution in [3.05, 3.63) is 95.0 Å². The Morgan fingerprint density at radius 3 is 2.45 bits per heavy atom. The van der Waals surface area contributed by atoms with Crippen LogP contribution in [0.5, 0.6) is 6.01 Å². The standard InChI is InChI=1S/C62H66FN11O8/c1-5-43-49(63)15-10-37-8-7-9-46(52(37)43)53-44(6-2)54-48(28-64-53)55(71-31-39-11-12-40(32-71)65-39)68-60(67-54)82-34-62-21-18-42(73(62)29-35(3)27-62)33-81-61(80)72-25-24-70(30-36(72)4)57(77)38-19-22-69(23-20-38)41-13-14-45-47(26-41)59(79)74(58(45)78)50-16-17-51(75)66-56(50)76/h1,7-10,13-15,26,28,36,38-40,42,50,65H,3,6,11-12,16-25,27,29-34H2,2,4H3,(H,66,75,76)/t36-,39?,40?,42?,50?,62?/m1/s1. The van der Waals surface area contributed by atoms with Gasteiger partial charge in [-0.25, -0.2) is 9.18 Å². The second-order valence-electron chi connectivity index (χ2n) is 23.6. The number of nitrogens with one attached hydrogen (secondary N) is 2. The van der Waals surface area contributed by atoms with Crippen LogP contribution in [0, 0.1) is 24.1 Å². The first-order valence-corrected chi connectivity index (χ1v) is 29.0. The number of piperazine rings is 2. The van der Waals surface area contributed by atoms with Crippen LogP contribution in [0.15, 0.2) is 66.9 Å². The lowest BCUT2D eigenvalue weighted by Gasteiger charge is -2.42. The molecule has 6 atom stereocenters. The quantitative estimate of drug-likeness (QED) is 0.0886. The number of aryl methyl sites for hydroxylation is 1. The zero-order chi connectivity index (χ0) is 56.7. The number of pyridine rings is 1. The van der Waals surface area contributed by atoms with Crippen LogP contribution in [0.4, 0.5) is 20.7 Å². The first-order valence-electron chi connectivity index (χ1n) is 29.0. The summed E-state index contributed by atoms with van der Waals surface area (Å²) in [6.45, 7) is 13.4. The zero-order valence-corrected chi connectivity index (χ0v) is 46.3. The molecule has 0 aliphatic carbocycles. The second kappa shape index (κ2) is 21.1. The van der Waals surface area contributed by atoms with Crippen molar-refractivity contribution in [2.75, 3.05) is 75.4 Å². The van der Waals surface area contributed by atoms with Gasteiger partial charge in [0.05, 0.1) is 38.8 Å². The number of rotatable bonds is 11. The van der Waals surface area contributed by atoms with Crippen LogP contribution in [0.25, 0.3) is 32.9 Å². The number of ether oxygens (including phenoxy) is 2. The summed E-state index contributed by atoms with van der Waals surface area (Å²) in [7, 11) is 0. The summed E-state index contributed by atoms with van der Waals surface area (Å²) in [5.41, 5.74) is 5.10.